The summed E-state index contributed by atoms with van der Waals surface area (Å²) in [5, 5.41) is 5.77. The van der Waals surface area contributed by atoms with E-state index in [4.69, 9.17) is 4.74 Å². The van der Waals surface area contributed by atoms with Crippen LogP contribution in [0.25, 0.3) is 10.9 Å². The summed E-state index contributed by atoms with van der Waals surface area (Å²) in [5.74, 6) is 0. The highest BCUT2D eigenvalue weighted by Gasteiger charge is 2.30. The summed E-state index contributed by atoms with van der Waals surface area (Å²) in [6.07, 6.45) is 4.69. The van der Waals surface area contributed by atoms with Crippen LogP contribution in [0.15, 0.2) is 28.9 Å². The lowest BCUT2D eigenvalue weighted by molar-refractivity contribution is 0.00269. The molecule has 16 heavy (non-hydrogen) atoms. The van der Waals surface area contributed by atoms with Crippen molar-refractivity contribution in [3.63, 3.8) is 0 Å². The minimum absolute atomic E-state index is 0.420. The Balaban J connectivity index is 1.89. The maximum Gasteiger partial charge on any atom is 0.0924 e. The van der Waals surface area contributed by atoms with Gasteiger partial charge in [0.05, 0.1) is 17.7 Å². The maximum absolute atomic E-state index is 5.28. The molecule has 84 valence electrons. The number of fused-ring (bicyclic) bond motifs is 1. The fourth-order valence-electron chi connectivity index (χ4n) is 2.15. The van der Waals surface area contributed by atoms with E-state index in [0.717, 1.165) is 22.8 Å². The zero-order chi connectivity index (χ0) is 11.1. The third-order valence-corrected chi connectivity index (χ3v) is 3.75. The number of rotatable bonds is 2. The molecule has 1 heterocycles. The third kappa shape index (κ3) is 1.66. The van der Waals surface area contributed by atoms with E-state index in [-0.39, 0.29) is 0 Å². The van der Waals surface area contributed by atoms with Crippen LogP contribution in [0.2, 0.25) is 0 Å². The summed E-state index contributed by atoms with van der Waals surface area (Å²) in [5.41, 5.74) is 1.06. The number of halogens is 1. The molecule has 1 aliphatic carbocycles. The second-order valence-corrected chi connectivity index (χ2v) is 5.21. The van der Waals surface area contributed by atoms with Gasteiger partial charge >= 0.3 is 0 Å². The van der Waals surface area contributed by atoms with Crippen molar-refractivity contribution < 1.29 is 4.74 Å². The van der Waals surface area contributed by atoms with E-state index in [9.17, 15) is 0 Å². The summed E-state index contributed by atoms with van der Waals surface area (Å²) >= 11 is 3.47. The average molecular weight is 281 g/mol. The van der Waals surface area contributed by atoms with Crippen molar-refractivity contribution in [3.8, 4) is 0 Å². The van der Waals surface area contributed by atoms with Crippen LogP contribution < -0.4 is 0 Å². The fraction of sp³-hybridized carbons (Fsp3) is 0.417. The molecule has 1 aliphatic rings. The Bertz CT molecular complexity index is 517. The molecular formula is C12H13BrN2O. The Hall–Kier alpha value is -0.870. The zero-order valence-electron chi connectivity index (χ0n) is 9.06. The van der Waals surface area contributed by atoms with Gasteiger partial charge in [-0.15, -0.1) is 0 Å². The maximum atomic E-state index is 5.28. The molecule has 4 heteroatoms. The minimum atomic E-state index is 0.420. The molecule has 0 bridgehead atoms. The van der Waals surface area contributed by atoms with E-state index in [1.165, 1.54) is 5.39 Å². The van der Waals surface area contributed by atoms with Gasteiger partial charge in [-0.05, 0) is 31.0 Å². The number of nitrogens with zero attached hydrogens (tertiary/aromatic N) is 2. The van der Waals surface area contributed by atoms with E-state index < -0.39 is 0 Å². The normalized spacial score (nSPS) is 24.6. The Morgan fingerprint density at radius 1 is 1.44 bits per heavy atom. The van der Waals surface area contributed by atoms with Crippen molar-refractivity contribution in [3.05, 3.63) is 28.9 Å². The Morgan fingerprint density at radius 2 is 2.25 bits per heavy atom. The highest BCUT2D eigenvalue weighted by molar-refractivity contribution is 9.10. The van der Waals surface area contributed by atoms with Crippen LogP contribution >= 0.6 is 15.9 Å². The van der Waals surface area contributed by atoms with Gasteiger partial charge in [-0.2, -0.15) is 5.10 Å². The quantitative estimate of drug-likeness (QED) is 0.845. The van der Waals surface area contributed by atoms with Crippen molar-refractivity contribution in [2.45, 2.75) is 25.0 Å². The lowest BCUT2D eigenvalue weighted by Crippen LogP contribution is -2.32. The second kappa shape index (κ2) is 3.86. The van der Waals surface area contributed by atoms with Gasteiger partial charge in [0.2, 0.25) is 0 Å². The van der Waals surface area contributed by atoms with Crippen LogP contribution in [0.4, 0.5) is 0 Å². The molecule has 0 amide bonds. The molecular weight excluding hydrogens is 268 g/mol. The SMILES string of the molecule is COC1CC(n2cc3cc(Br)ccc3n2)C1. The van der Waals surface area contributed by atoms with Crippen molar-refractivity contribution >= 4 is 26.8 Å². The molecule has 2 aromatic rings. The van der Waals surface area contributed by atoms with Gasteiger partial charge in [0, 0.05) is 23.2 Å². The predicted octanol–water partition coefficient (Wildman–Crippen LogP) is 3.15. The summed E-state index contributed by atoms with van der Waals surface area (Å²) in [4.78, 5) is 0. The molecule has 1 aromatic carbocycles. The summed E-state index contributed by atoms with van der Waals surface area (Å²) in [6, 6.07) is 6.68. The van der Waals surface area contributed by atoms with Crippen molar-refractivity contribution in [1.29, 1.82) is 0 Å². The third-order valence-electron chi connectivity index (χ3n) is 3.26. The van der Waals surface area contributed by atoms with Gasteiger partial charge in [0.1, 0.15) is 0 Å². The zero-order valence-corrected chi connectivity index (χ0v) is 10.6. The Labute approximate surface area is 103 Å². The first-order chi connectivity index (χ1) is 7.76. The lowest BCUT2D eigenvalue weighted by atomic mass is 9.89. The van der Waals surface area contributed by atoms with E-state index >= 15 is 0 Å². The minimum Gasteiger partial charge on any atom is -0.381 e. The molecule has 3 nitrogen and oxygen atoms in total. The molecule has 0 spiro atoms. The van der Waals surface area contributed by atoms with Gasteiger partial charge in [-0.25, -0.2) is 0 Å². The number of hydrogen-bond donors (Lipinski definition) is 0. The average Bonchev–Trinajstić information content (AvgIpc) is 2.58. The van der Waals surface area contributed by atoms with E-state index in [0.29, 0.717) is 12.1 Å². The molecule has 0 radical (unpaired) electrons. The van der Waals surface area contributed by atoms with Crippen LogP contribution in [0.1, 0.15) is 18.9 Å². The Kier molecular flexibility index (Phi) is 2.48. The van der Waals surface area contributed by atoms with Gasteiger partial charge in [-0.1, -0.05) is 15.9 Å². The molecule has 0 N–H and O–H groups in total. The molecule has 0 saturated heterocycles. The van der Waals surface area contributed by atoms with Gasteiger partial charge in [-0.3, -0.25) is 4.68 Å². The van der Waals surface area contributed by atoms with Crippen LogP contribution in [-0.2, 0) is 4.74 Å². The summed E-state index contributed by atoms with van der Waals surface area (Å²) in [7, 11) is 1.78. The molecule has 1 aromatic heterocycles. The molecule has 0 aliphatic heterocycles. The monoisotopic (exact) mass is 280 g/mol. The van der Waals surface area contributed by atoms with E-state index in [1.807, 2.05) is 12.1 Å². The summed E-state index contributed by atoms with van der Waals surface area (Å²) in [6.45, 7) is 0. The van der Waals surface area contributed by atoms with Crippen LogP contribution in [0.5, 0.6) is 0 Å². The lowest BCUT2D eigenvalue weighted by Gasteiger charge is -2.34. The van der Waals surface area contributed by atoms with Gasteiger partial charge < -0.3 is 4.74 Å². The topological polar surface area (TPSA) is 27.1 Å². The largest absolute Gasteiger partial charge is 0.381 e. The number of benzene rings is 1. The molecule has 1 fully saturated rings. The van der Waals surface area contributed by atoms with Gasteiger partial charge in [0.15, 0.2) is 0 Å². The van der Waals surface area contributed by atoms with Crippen LogP contribution in [0, 0.1) is 0 Å². The number of aromatic nitrogens is 2. The first-order valence-electron chi connectivity index (χ1n) is 5.43. The standard InChI is InChI=1S/C12H13BrN2O/c1-16-11-5-10(6-11)15-7-8-4-9(13)2-3-12(8)14-15/h2-4,7,10-11H,5-6H2,1H3. The van der Waals surface area contributed by atoms with Crippen LogP contribution in [0.3, 0.4) is 0 Å². The van der Waals surface area contributed by atoms with Crippen molar-refractivity contribution in [2.75, 3.05) is 7.11 Å². The predicted molar refractivity (Wildman–Crippen MR) is 66.5 cm³/mol. The molecule has 3 rings (SSSR count). The first kappa shape index (κ1) is 10.3. The second-order valence-electron chi connectivity index (χ2n) is 4.30. The number of methoxy groups -OCH3 is 1. The summed E-state index contributed by atoms with van der Waals surface area (Å²) < 4.78 is 8.46. The fourth-order valence-corrected chi connectivity index (χ4v) is 2.53. The van der Waals surface area contributed by atoms with Gasteiger partial charge in [0.25, 0.3) is 0 Å². The highest BCUT2D eigenvalue weighted by Crippen LogP contribution is 2.34. The number of ether oxygens (including phenoxy) is 1. The highest BCUT2D eigenvalue weighted by atomic mass is 79.9. The first-order valence-corrected chi connectivity index (χ1v) is 6.23. The smallest absolute Gasteiger partial charge is 0.0924 e. The number of hydrogen-bond acceptors (Lipinski definition) is 2. The van der Waals surface area contributed by atoms with E-state index in [2.05, 4.69) is 38.0 Å². The molecule has 0 atom stereocenters. The molecule has 1 saturated carbocycles. The molecule has 0 unspecified atom stereocenters. The van der Waals surface area contributed by atoms with Crippen LogP contribution in [-0.4, -0.2) is 23.0 Å². The van der Waals surface area contributed by atoms with Crippen molar-refractivity contribution in [2.24, 2.45) is 0 Å². The van der Waals surface area contributed by atoms with E-state index in [1.54, 1.807) is 7.11 Å². The van der Waals surface area contributed by atoms with Crippen molar-refractivity contribution in [1.82, 2.24) is 9.78 Å². The Morgan fingerprint density at radius 3 is 3.00 bits per heavy atom.